The quantitative estimate of drug-likeness (QED) is 0.362. The summed E-state index contributed by atoms with van der Waals surface area (Å²) in [7, 11) is 1.50. The molecule has 1 aliphatic rings. The fourth-order valence-corrected chi connectivity index (χ4v) is 5.32. The number of anilines is 2. The molecule has 1 amide bonds. The summed E-state index contributed by atoms with van der Waals surface area (Å²) in [6.45, 7) is 5.37. The fraction of sp³-hybridized carbons (Fsp3) is 0.379. The summed E-state index contributed by atoms with van der Waals surface area (Å²) in [5.74, 6) is 0.694. The Morgan fingerprint density at radius 2 is 1.79 bits per heavy atom. The van der Waals surface area contributed by atoms with Gasteiger partial charge < -0.3 is 15.3 Å². The van der Waals surface area contributed by atoms with Gasteiger partial charge >= 0.3 is 11.8 Å². The molecule has 10 heteroatoms. The summed E-state index contributed by atoms with van der Waals surface area (Å²) in [5, 5.41) is 18.1. The van der Waals surface area contributed by atoms with Gasteiger partial charge in [-0.1, -0.05) is 56.3 Å². The number of carboxylic acid groups (broad SMARTS) is 1. The van der Waals surface area contributed by atoms with Crippen LogP contribution in [0, 0.1) is 5.92 Å². The molecule has 1 atom stereocenters. The molecule has 10 nitrogen and oxygen atoms in total. The number of hydrogen-bond donors (Lipinski definition) is 2. The highest BCUT2D eigenvalue weighted by Crippen LogP contribution is 2.31. The molecule has 204 valence electrons. The van der Waals surface area contributed by atoms with Gasteiger partial charge in [-0.15, -0.1) is 0 Å². The van der Waals surface area contributed by atoms with Crippen molar-refractivity contribution < 1.29 is 9.90 Å². The molecule has 39 heavy (non-hydrogen) atoms. The average Bonchev–Trinajstić information content (AvgIpc) is 3.28. The number of fused-ring (bicyclic) bond motifs is 1. The predicted octanol–water partition coefficient (Wildman–Crippen LogP) is 4.55. The molecule has 0 bridgehead atoms. The standard InChI is InChI=1S/C29H34N6O4/c1-19(2)17-34-26-24(27(36)32(3)28(34)37)25(30-22-9-5-4-6-10-22)35(31-26)18-20-12-14-21(15-13-20)23-11-7-8-16-33(23)29(38)39/h4-6,9-10,12-15,19,23,30H,7-8,11,16-18H2,1-3H3,(H,38,39). The van der Waals surface area contributed by atoms with E-state index in [4.69, 9.17) is 5.10 Å². The number of para-hydroxylation sites is 1. The van der Waals surface area contributed by atoms with Crippen molar-refractivity contribution in [3.63, 3.8) is 0 Å². The number of nitrogens with one attached hydrogen (secondary N) is 1. The van der Waals surface area contributed by atoms with Crippen LogP contribution >= 0.6 is 0 Å². The third-order valence-electron chi connectivity index (χ3n) is 7.26. The van der Waals surface area contributed by atoms with E-state index < -0.39 is 17.3 Å². The van der Waals surface area contributed by atoms with Crippen LogP contribution < -0.4 is 16.6 Å². The lowest BCUT2D eigenvalue weighted by atomic mass is 9.95. The largest absolute Gasteiger partial charge is 0.465 e. The van der Waals surface area contributed by atoms with Crippen LogP contribution in [0.5, 0.6) is 0 Å². The molecular weight excluding hydrogens is 496 g/mol. The third kappa shape index (κ3) is 5.19. The first kappa shape index (κ1) is 26.3. The van der Waals surface area contributed by atoms with Crippen LogP contribution in [0.1, 0.15) is 50.3 Å². The molecule has 1 fully saturated rings. The summed E-state index contributed by atoms with van der Waals surface area (Å²) < 4.78 is 4.44. The molecule has 0 aliphatic carbocycles. The molecule has 2 aromatic carbocycles. The Labute approximate surface area is 226 Å². The van der Waals surface area contributed by atoms with Crippen molar-refractivity contribution in [1.29, 1.82) is 0 Å². The number of benzene rings is 2. The van der Waals surface area contributed by atoms with E-state index in [0.29, 0.717) is 36.5 Å². The molecule has 2 aromatic heterocycles. The van der Waals surface area contributed by atoms with Crippen LogP contribution in [-0.4, -0.2) is 41.6 Å². The van der Waals surface area contributed by atoms with Crippen LogP contribution in [0.4, 0.5) is 16.3 Å². The van der Waals surface area contributed by atoms with E-state index in [2.05, 4.69) is 5.32 Å². The van der Waals surface area contributed by atoms with Gasteiger partial charge in [-0.2, -0.15) is 5.10 Å². The third-order valence-corrected chi connectivity index (χ3v) is 7.26. The molecule has 1 aliphatic heterocycles. The smallest absolute Gasteiger partial charge is 0.407 e. The van der Waals surface area contributed by atoms with Gasteiger partial charge in [0.25, 0.3) is 5.56 Å². The number of likely N-dealkylation sites (tertiary alicyclic amines) is 1. The molecule has 4 aromatic rings. The Bertz CT molecular complexity index is 1600. The van der Waals surface area contributed by atoms with Crippen LogP contribution in [0.15, 0.2) is 64.2 Å². The Balaban J connectivity index is 1.57. The minimum atomic E-state index is -0.891. The summed E-state index contributed by atoms with van der Waals surface area (Å²) in [4.78, 5) is 39.7. The molecule has 3 heterocycles. The van der Waals surface area contributed by atoms with E-state index in [-0.39, 0.29) is 12.0 Å². The van der Waals surface area contributed by atoms with Crippen molar-refractivity contribution in [3.8, 4) is 0 Å². The first-order chi connectivity index (χ1) is 18.7. The highest BCUT2D eigenvalue weighted by molar-refractivity contribution is 5.89. The molecular formula is C29H34N6O4. The monoisotopic (exact) mass is 530 g/mol. The van der Waals surface area contributed by atoms with Gasteiger partial charge in [-0.25, -0.2) is 14.3 Å². The van der Waals surface area contributed by atoms with E-state index in [1.807, 2.05) is 68.4 Å². The zero-order chi connectivity index (χ0) is 27.7. The SMILES string of the molecule is CC(C)Cn1c(=O)n(C)c(=O)c2c(Nc3ccccc3)n(Cc3ccc(C4CCCCN4C(=O)O)cc3)nc21. The van der Waals surface area contributed by atoms with Crippen molar-refractivity contribution >= 4 is 28.6 Å². The lowest BCUT2D eigenvalue weighted by molar-refractivity contribution is 0.106. The molecule has 0 saturated carbocycles. The van der Waals surface area contributed by atoms with Gasteiger partial charge in [0.15, 0.2) is 5.65 Å². The van der Waals surface area contributed by atoms with E-state index in [0.717, 1.165) is 40.6 Å². The molecule has 1 saturated heterocycles. The number of carbonyl (C=O) groups is 1. The summed E-state index contributed by atoms with van der Waals surface area (Å²) in [5.41, 5.74) is 2.26. The zero-order valence-corrected chi connectivity index (χ0v) is 22.5. The van der Waals surface area contributed by atoms with Crippen LogP contribution in [0.25, 0.3) is 11.0 Å². The Hall–Kier alpha value is -4.34. The van der Waals surface area contributed by atoms with Gasteiger partial charge in [-0.05, 0) is 48.4 Å². The molecule has 1 unspecified atom stereocenters. The van der Waals surface area contributed by atoms with Crippen molar-refractivity contribution in [2.24, 2.45) is 13.0 Å². The summed E-state index contributed by atoms with van der Waals surface area (Å²) in [6.07, 6.45) is 1.79. The first-order valence-electron chi connectivity index (χ1n) is 13.4. The van der Waals surface area contributed by atoms with Crippen molar-refractivity contribution in [2.75, 3.05) is 11.9 Å². The molecule has 2 N–H and O–H groups in total. The molecule has 5 rings (SSSR count). The number of piperidine rings is 1. The van der Waals surface area contributed by atoms with Crippen LogP contribution in [0.2, 0.25) is 0 Å². The number of amides is 1. The zero-order valence-electron chi connectivity index (χ0n) is 22.5. The Morgan fingerprint density at radius 3 is 2.46 bits per heavy atom. The number of rotatable bonds is 7. The topological polar surface area (TPSA) is 114 Å². The second-order valence-corrected chi connectivity index (χ2v) is 10.6. The average molecular weight is 531 g/mol. The summed E-state index contributed by atoms with van der Waals surface area (Å²) in [6, 6.07) is 17.3. The lowest BCUT2D eigenvalue weighted by Crippen LogP contribution is -2.38. The first-order valence-corrected chi connectivity index (χ1v) is 13.4. The Morgan fingerprint density at radius 1 is 1.08 bits per heavy atom. The number of nitrogens with zero attached hydrogens (tertiary/aromatic N) is 5. The molecule has 0 radical (unpaired) electrons. The number of hydrogen-bond acceptors (Lipinski definition) is 5. The maximum atomic E-state index is 13.4. The normalized spacial score (nSPS) is 15.7. The van der Waals surface area contributed by atoms with E-state index >= 15 is 0 Å². The van der Waals surface area contributed by atoms with Gasteiger partial charge in [0.1, 0.15) is 11.2 Å². The lowest BCUT2D eigenvalue weighted by Gasteiger charge is -2.33. The van der Waals surface area contributed by atoms with Gasteiger partial charge in [0, 0.05) is 25.8 Å². The highest BCUT2D eigenvalue weighted by atomic mass is 16.4. The highest BCUT2D eigenvalue weighted by Gasteiger charge is 2.28. The second-order valence-electron chi connectivity index (χ2n) is 10.6. The van der Waals surface area contributed by atoms with Crippen molar-refractivity contribution in [1.82, 2.24) is 23.8 Å². The maximum Gasteiger partial charge on any atom is 0.407 e. The Kier molecular flexibility index (Phi) is 7.28. The van der Waals surface area contributed by atoms with E-state index in [9.17, 15) is 19.5 Å². The fourth-order valence-electron chi connectivity index (χ4n) is 5.32. The minimum absolute atomic E-state index is 0.151. The van der Waals surface area contributed by atoms with Crippen molar-refractivity contribution in [2.45, 2.75) is 52.2 Å². The maximum absolute atomic E-state index is 13.4. The van der Waals surface area contributed by atoms with Crippen LogP contribution in [-0.2, 0) is 20.1 Å². The van der Waals surface area contributed by atoms with Gasteiger partial charge in [0.05, 0.1) is 12.6 Å². The van der Waals surface area contributed by atoms with Gasteiger partial charge in [-0.3, -0.25) is 13.9 Å². The van der Waals surface area contributed by atoms with Crippen LogP contribution in [0.3, 0.4) is 0 Å². The second kappa shape index (κ2) is 10.8. The van der Waals surface area contributed by atoms with Crippen molar-refractivity contribution in [3.05, 3.63) is 86.6 Å². The minimum Gasteiger partial charge on any atom is -0.465 e. The van der Waals surface area contributed by atoms with E-state index in [1.165, 1.54) is 11.9 Å². The predicted molar refractivity (Wildman–Crippen MR) is 151 cm³/mol. The van der Waals surface area contributed by atoms with Gasteiger partial charge in [0.2, 0.25) is 0 Å². The van der Waals surface area contributed by atoms with E-state index in [1.54, 1.807) is 9.25 Å². The molecule has 0 spiro atoms. The number of aromatic nitrogens is 4. The summed E-state index contributed by atoms with van der Waals surface area (Å²) >= 11 is 0.